The van der Waals surface area contributed by atoms with Gasteiger partial charge < -0.3 is 15.3 Å². The predicted molar refractivity (Wildman–Crippen MR) is 67.7 cm³/mol. The Morgan fingerprint density at radius 1 is 1.39 bits per heavy atom. The number of aromatic nitrogens is 2. The first kappa shape index (κ1) is 12.8. The number of carboxylic acids is 1. The minimum absolute atomic E-state index is 0.0314. The normalized spacial score (nSPS) is 23.3. The lowest BCUT2D eigenvalue weighted by Gasteiger charge is -2.27. The lowest BCUT2D eigenvalue weighted by Crippen LogP contribution is -2.39. The Labute approximate surface area is 106 Å². The fourth-order valence-electron chi connectivity index (χ4n) is 2.44. The van der Waals surface area contributed by atoms with Gasteiger partial charge in [-0.15, -0.1) is 10.2 Å². The summed E-state index contributed by atoms with van der Waals surface area (Å²) in [5.74, 6) is -0.417. The molecule has 0 aliphatic heterocycles. The van der Waals surface area contributed by atoms with Gasteiger partial charge in [-0.2, -0.15) is 0 Å². The molecule has 0 aromatic carbocycles. The largest absolute Gasteiger partial charge is 0.476 e. The zero-order chi connectivity index (χ0) is 13.1. The summed E-state index contributed by atoms with van der Waals surface area (Å²) in [6.45, 7) is 0. The molecule has 1 aromatic rings. The van der Waals surface area contributed by atoms with Gasteiger partial charge >= 0.3 is 5.97 Å². The van der Waals surface area contributed by atoms with Crippen LogP contribution in [0.3, 0.4) is 0 Å². The summed E-state index contributed by atoms with van der Waals surface area (Å²) in [5, 5.41) is 19.6. The van der Waals surface area contributed by atoms with Crippen molar-refractivity contribution in [1.29, 1.82) is 0 Å². The maximum Gasteiger partial charge on any atom is 0.356 e. The van der Waals surface area contributed by atoms with Crippen LogP contribution < -0.4 is 5.32 Å². The highest BCUT2D eigenvalue weighted by atomic mass is 16.4. The second-order valence-electron chi connectivity index (χ2n) is 4.82. The van der Waals surface area contributed by atoms with E-state index in [1.54, 1.807) is 6.07 Å². The van der Waals surface area contributed by atoms with Gasteiger partial charge in [0, 0.05) is 12.1 Å². The quantitative estimate of drug-likeness (QED) is 0.832. The monoisotopic (exact) mass is 250 g/mol. The van der Waals surface area contributed by atoms with Crippen molar-refractivity contribution >= 4 is 11.8 Å². The van der Waals surface area contributed by atoms with Crippen LogP contribution in [0.1, 0.15) is 29.8 Å². The van der Waals surface area contributed by atoms with Crippen molar-refractivity contribution in [2.24, 2.45) is 0 Å². The zero-order valence-electron chi connectivity index (χ0n) is 10.6. The highest BCUT2D eigenvalue weighted by molar-refractivity contribution is 5.85. The number of nitrogens with one attached hydrogen (secondary N) is 1. The maximum atomic E-state index is 10.7. The second-order valence-corrected chi connectivity index (χ2v) is 4.82. The third-order valence-corrected chi connectivity index (χ3v) is 3.36. The highest BCUT2D eigenvalue weighted by Gasteiger charge is 2.28. The fourth-order valence-corrected chi connectivity index (χ4v) is 2.44. The number of rotatable bonds is 4. The van der Waals surface area contributed by atoms with Gasteiger partial charge in [-0.25, -0.2) is 4.79 Å². The minimum atomic E-state index is -1.05. The number of hydrogen-bond donors (Lipinski definition) is 2. The lowest BCUT2D eigenvalue weighted by atomic mass is 10.1. The molecule has 1 aromatic heterocycles. The SMILES string of the molecule is CN(C)[C@@H]1CCC[C@H]1Nc1ccc(C(=O)O)nn1. The zero-order valence-corrected chi connectivity index (χ0v) is 10.6. The lowest BCUT2D eigenvalue weighted by molar-refractivity contribution is 0.0689. The molecule has 1 fully saturated rings. The third-order valence-electron chi connectivity index (χ3n) is 3.36. The van der Waals surface area contributed by atoms with Crippen LogP contribution in [0.5, 0.6) is 0 Å². The molecule has 6 heteroatoms. The van der Waals surface area contributed by atoms with Gasteiger partial charge in [0.05, 0.1) is 0 Å². The van der Waals surface area contributed by atoms with Gasteiger partial charge in [-0.1, -0.05) is 0 Å². The van der Waals surface area contributed by atoms with Gasteiger partial charge in [0.2, 0.25) is 0 Å². The Morgan fingerprint density at radius 3 is 2.72 bits per heavy atom. The molecule has 0 unspecified atom stereocenters. The van der Waals surface area contributed by atoms with Crippen LogP contribution >= 0.6 is 0 Å². The van der Waals surface area contributed by atoms with Crippen molar-refractivity contribution in [2.75, 3.05) is 19.4 Å². The molecule has 18 heavy (non-hydrogen) atoms. The summed E-state index contributed by atoms with van der Waals surface area (Å²) in [7, 11) is 4.15. The Balaban J connectivity index is 2.02. The van der Waals surface area contributed by atoms with Gasteiger partial charge in [0.15, 0.2) is 5.69 Å². The summed E-state index contributed by atoms with van der Waals surface area (Å²) >= 11 is 0. The smallest absolute Gasteiger partial charge is 0.356 e. The molecule has 0 bridgehead atoms. The number of hydrogen-bond acceptors (Lipinski definition) is 5. The summed E-state index contributed by atoms with van der Waals surface area (Å²) in [5.41, 5.74) is -0.0314. The molecule has 98 valence electrons. The molecule has 2 atom stereocenters. The molecular formula is C12H18N4O2. The molecular weight excluding hydrogens is 232 g/mol. The Bertz CT molecular complexity index is 419. The van der Waals surface area contributed by atoms with Crippen LogP contribution in [0.2, 0.25) is 0 Å². The van der Waals surface area contributed by atoms with Gasteiger partial charge in [-0.3, -0.25) is 0 Å². The first-order valence-electron chi connectivity index (χ1n) is 6.08. The molecule has 0 saturated heterocycles. The number of anilines is 1. The summed E-state index contributed by atoms with van der Waals surface area (Å²) in [6.07, 6.45) is 3.47. The van der Waals surface area contributed by atoms with E-state index in [-0.39, 0.29) is 5.69 Å². The summed E-state index contributed by atoms with van der Waals surface area (Å²) < 4.78 is 0. The number of nitrogens with zero attached hydrogens (tertiary/aromatic N) is 3. The molecule has 1 aliphatic carbocycles. The van der Waals surface area contributed by atoms with Crippen LogP contribution in [0.15, 0.2) is 12.1 Å². The molecule has 1 heterocycles. The van der Waals surface area contributed by atoms with Gasteiger partial charge in [0.1, 0.15) is 5.82 Å². The van der Waals surface area contributed by atoms with Crippen LogP contribution in [0, 0.1) is 0 Å². The average Bonchev–Trinajstić information content (AvgIpc) is 2.78. The maximum absolute atomic E-state index is 10.7. The number of likely N-dealkylation sites (N-methyl/N-ethyl adjacent to an activating group) is 1. The Morgan fingerprint density at radius 2 is 2.17 bits per heavy atom. The molecule has 2 rings (SSSR count). The average molecular weight is 250 g/mol. The fraction of sp³-hybridized carbons (Fsp3) is 0.583. The molecule has 0 spiro atoms. The number of aromatic carboxylic acids is 1. The van der Waals surface area contributed by atoms with Crippen LogP contribution in [0.4, 0.5) is 5.82 Å². The van der Waals surface area contributed by atoms with Crippen molar-refractivity contribution in [3.8, 4) is 0 Å². The Kier molecular flexibility index (Phi) is 3.76. The summed E-state index contributed by atoms with van der Waals surface area (Å²) in [4.78, 5) is 12.9. The second kappa shape index (κ2) is 5.30. The minimum Gasteiger partial charge on any atom is -0.476 e. The van der Waals surface area contributed by atoms with E-state index in [0.29, 0.717) is 17.9 Å². The summed E-state index contributed by atoms with van der Waals surface area (Å²) in [6, 6.07) is 3.98. The van der Waals surface area contributed by atoms with E-state index in [0.717, 1.165) is 6.42 Å². The van der Waals surface area contributed by atoms with E-state index in [2.05, 4.69) is 34.5 Å². The van der Waals surface area contributed by atoms with Crippen molar-refractivity contribution < 1.29 is 9.90 Å². The molecule has 1 aliphatic rings. The van der Waals surface area contributed by atoms with Crippen molar-refractivity contribution in [3.63, 3.8) is 0 Å². The first-order valence-corrected chi connectivity index (χ1v) is 6.08. The van der Waals surface area contributed by atoms with Crippen molar-refractivity contribution in [3.05, 3.63) is 17.8 Å². The van der Waals surface area contributed by atoms with Gasteiger partial charge in [-0.05, 0) is 45.5 Å². The number of carbonyl (C=O) groups is 1. The van der Waals surface area contributed by atoms with E-state index >= 15 is 0 Å². The highest BCUT2D eigenvalue weighted by Crippen LogP contribution is 2.25. The molecule has 1 saturated carbocycles. The van der Waals surface area contributed by atoms with Crippen LogP contribution in [0.25, 0.3) is 0 Å². The predicted octanol–water partition coefficient (Wildman–Crippen LogP) is 1.07. The topological polar surface area (TPSA) is 78.4 Å². The van der Waals surface area contributed by atoms with E-state index in [4.69, 9.17) is 5.11 Å². The molecule has 6 nitrogen and oxygen atoms in total. The standard InChI is InChI=1S/C12H18N4O2/c1-16(2)10-5-3-4-8(10)13-11-7-6-9(12(17)18)14-15-11/h6-8,10H,3-5H2,1-2H3,(H,13,15)(H,17,18)/t8-,10-/m1/s1. The molecule has 0 amide bonds. The van der Waals surface area contributed by atoms with Crippen LogP contribution in [-0.2, 0) is 0 Å². The first-order chi connectivity index (χ1) is 8.58. The van der Waals surface area contributed by atoms with Crippen molar-refractivity contribution in [1.82, 2.24) is 15.1 Å². The van der Waals surface area contributed by atoms with E-state index in [9.17, 15) is 4.79 Å². The van der Waals surface area contributed by atoms with E-state index in [1.807, 2.05) is 0 Å². The van der Waals surface area contributed by atoms with E-state index in [1.165, 1.54) is 18.9 Å². The Hall–Kier alpha value is -1.69. The van der Waals surface area contributed by atoms with E-state index < -0.39 is 5.97 Å². The number of carboxylic acid groups (broad SMARTS) is 1. The van der Waals surface area contributed by atoms with Crippen molar-refractivity contribution in [2.45, 2.75) is 31.3 Å². The van der Waals surface area contributed by atoms with Gasteiger partial charge in [0.25, 0.3) is 0 Å². The molecule has 0 radical (unpaired) electrons. The third kappa shape index (κ3) is 2.76. The molecule has 2 N–H and O–H groups in total. The van der Waals surface area contributed by atoms with Crippen LogP contribution in [-0.4, -0.2) is 52.4 Å².